The van der Waals surface area contributed by atoms with Gasteiger partial charge in [-0.25, -0.2) is 0 Å². The standard InChI is InChI=1S/C28H41N3/c1-27-17-6-5-7-21(27)10-13-23-24-14-15-26(28(24,2)18-16-25(23)27)30-29-19-20-8-11-22(12-9-20)31(3)4/h8-9,11-12,19,21,23-25H,5-7,10,13-18H2,1-4H3/b29-19-,30-26-/t21-,23-,24-,25+,27+,28+/m1/s1. The van der Waals surface area contributed by atoms with E-state index in [1.807, 2.05) is 6.21 Å². The van der Waals surface area contributed by atoms with Gasteiger partial charge in [0.25, 0.3) is 0 Å². The fourth-order valence-electron chi connectivity index (χ4n) is 8.27. The number of fused-ring (bicyclic) bond motifs is 5. The van der Waals surface area contributed by atoms with E-state index >= 15 is 0 Å². The van der Waals surface area contributed by atoms with Crippen molar-refractivity contribution in [3.8, 4) is 0 Å². The van der Waals surface area contributed by atoms with Crippen molar-refractivity contribution < 1.29 is 0 Å². The highest BCUT2D eigenvalue weighted by Crippen LogP contribution is 2.65. The summed E-state index contributed by atoms with van der Waals surface area (Å²) in [4.78, 5) is 2.12. The van der Waals surface area contributed by atoms with Crippen molar-refractivity contribution in [3.05, 3.63) is 29.8 Å². The summed E-state index contributed by atoms with van der Waals surface area (Å²) in [5, 5.41) is 9.41. The Morgan fingerprint density at radius 2 is 1.71 bits per heavy atom. The van der Waals surface area contributed by atoms with Crippen molar-refractivity contribution in [1.82, 2.24) is 0 Å². The molecule has 0 saturated heterocycles. The van der Waals surface area contributed by atoms with Crippen LogP contribution in [0.15, 0.2) is 34.5 Å². The van der Waals surface area contributed by atoms with Crippen LogP contribution in [0.3, 0.4) is 0 Å². The number of rotatable bonds is 3. The predicted octanol–water partition coefficient (Wildman–Crippen LogP) is 6.96. The SMILES string of the molecule is CN(C)c1ccc(/C=N\N=C2\CC[C@@H]3[C@H]4CC[C@H]5CCCC[C@]5(C)[C@H]4CC[C@]23C)cc1. The summed E-state index contributed by atoms with van der Waals surface area (Å²) in [5.41, 5.74) is 4.63. The molecular formula is C28H41N3. The Labute approximate surface area is 189 Å². The van der Waals surface area contributed by atoms with E-state index in [1.54, 1.807) is 0 Å². The minimum Gasteiger partial charge on any atom is -0.378 e. The summed E-state index contributed by atoms with van der Waals surface area (Å²) in [5.74, 6) is 3.72. The van der Waals surface area contributed by atoms with Crippen LogP contribution < -0.4 is 4.90 Å². The van der Waals surface area contributed by atoms with Gasteiger partial charge in [-0.05, 0) is 98.1 Å². The first-order valence-corrected chi connectivity index (χ1v) is 12.8. The molecule has 0 amide bonds. The van der Waals surface area contributed by atoms with Crippen LogP contribution in [0, 0.1) is 34.5 Å². The van der Waals surface area contributed by atoms with Gasteiger partial charge in [0.05, 0.1) is 6.21 Å². The van der Waals surface area contributed by atoms with E-state index in [4.69, 9.17) is 5.10 Å². The third kappa shape index (κ3) is 3.56. The van der Waals surface area contributed by atoms with Crippen LogP contribution in [0.25, 0.3) is 0 Å². The molecular weight excluding hydrogens is 378 g/mol. The molecule has 0 heterocycles. The number of anilines is 1. The van der Waals surface area contributed by atoms with Crippen LogP contribution in [0.5, 0.6) is 0 Å². The molecule has 4 saturated carbocycles. The molecule has 3 nitrogen and oxygen atoms in total. The zero-order valence-corrected chi connectivity index (χ0v) is 20.1. The summed E-state index contributed by atoms with van der Waals surface area (Å²) in [6.45, 7) is 5.20. The molecule has 0 unspecified atom stereocenters. The monoisotopic (exact) mass is 419 g/mol. The van der Waals surface area contributed by atoms with Gasteiger partial charge in [-0.2, -0.15) is 10.2 Å². The molecule has 31 heavy (non-hydrogen) atoms. The molecule has 4 aliphatic carbocycles. The highest BCUT2D eigenvalue weighted by Gasteiger charge is 2.58. The highest BCUT2D eigenvalue weighted by molar-refractivity contribution is 5.93. The van der Waals surface area contributed by atoms with E-state index in [-0.39, 0.29) is 5.41 Å². The lowest BCUT2D eigenvalue weighted by Gasteiger charge is -2.59. The van der Waals surface area contributed by atoms with Crippen LogP contribution in [-0.4, -0.2) is 26.0 Å². The second-order valence-electron chi connectivity index (χ2n) is 11.7. The van der Waals surface area contributed by atoms with E-state index in [0.717, 1.165) is 35.7 Å². The van der Waals surface area contributed by atoms with Crippen LogP contribution in [0.1, 0.15) is 83.6 Å². The second kappa shape index (κ2) is 8.05. The minimum atomic E-state index is 0.283. The maximum Gasteiger partial charge on any atom is 0.0568 e. The Hall–Kier alpha value is -1.64. The van der Waals surface area contributed by atoms with E-state index in [0.29, 0.717) is 5.41 Å². The van der Waals surface area contributed by atoms with Crippen molar-refractivity contribution in [1.29, 1.82) is 0 Å². The van der Waals surface area contributed by atoms with Crippen molar-refractivity contribution in [2.45, 2.75) is 78.1 Å². The molecule has 0 aromatic heterocycles. The molecule has 168 valence electrons. The van der Waals surface area contributed by atoms with E-state index in [9.17, 15) is 0 Å². The zero-order valence-electron chi connectivity index (χ0n) is 20.1. The maximum atomic E-state index is 4.84. The first kappa shape index (κ1) is 21.2. The Morgan fingerprint density at radius 1 is 0.903 bits per heavy atom. The van der Waals surface area contributed by atoms with Gasteiger partial charge in [0.2, 0.25) is 0 Å². The van der Waals surface area contributed by atoms with Gasteiger partial charge in [-0.3, -0.25) is 0 Å². The Balaban J connectivity index is 1.32. The van der Waals surface area contributed by atoms with Gasteiger partial charge in [-0.1, -0.05) is 38.8 Å². The third-order valence-corrected chi connectivity index (χ3v) is 10.1. The second-order valence-corrected chi connectivity index (χ2v) is 11.7. The summed E-state index contributed by atoms with van der Waals surface area (Å²) in [6.07, 6.45) is 16.1. The number of benzene rings is 1. The van der Waals surface area contributed by atoms with E-state index in [1.165, 1.54) is 69.2 Å². The third-order valence-electron chi connectivity index (χ3n) is 10.1. The molecule has 5 rings (SSSR count). The lowest BCUT2D eigenvalue weighted by Crippen LogP contribution is -2.52. The van der Waals surface area contributed by atoms with Crippen molar-refractivity contribution in [2.24, 2.45) is 44.7 Å². The van der Waals surface area contributed by atoms with Gasteiger partial charge in [0.1, 0.15) is 0 Å². The van der Waals surface area contributed by atoms with Gasteiger partial charge in [0, 0.05) is 30.9 Å². The molecule has 0 spiro atoms. The number of nitrogens with zero attached hydrogens (tertiary/aromatic N) is 3. The first-order valence-electron chi connectivity index (χ1n) is 12.8. The first-order chi connectivity index (χ1) is 14.9. The van der Waals surface area contributed by atoms with Crippen LogP contribution in [-0.2, 0) is 0 Å². The average Bonchev–Trinajstić information content (AvgIpc) is 3.10. The van der Waals surface area contributed by atoms with E-state index < -0.39 is 0 Å². The fourth-order valence-corrected chi connectivity index (χ4v) is 8.27. The van der Waals surface area contributed by atoms with Gasteiger partial charge in [-0.15, -0.1) is 0 Å². The van der Waals surface area contributed by atoms with Crippen LogP contribution in [0.2, 0.25) is 0 Å². The highest BCUT2D eigenvalue weighted by atomic mass is 15.2. The predicted molar refractivity (Wildman–Crippen MR) is 132 cm³/mol. The van der Waals surface area contributed by atoms with Gasteiger partial charge < -0.3 is 4.90 Å². The topological polar surface area (TPSA) is 28.0 Å². The Kier molecular flexibility index (Phi) is 5.51. The Morgan fingerprint density at radius 3 is 2.48 bits per heavy atom. The molecule has 0 N–H and O–H groups in total. The lowest BCUT2D eigenvalue weighted by molar-refractivity contribution is -0.0936. The normalized spacial score (nSPS) is 41.1. The van der Waals surface area contributed by atoms with Crippen molar-refractivity contribution in [3.63, 3.8) is 0 Å². The van der Waals surface area contributed by atoms with Crippen molar-refractivity contribution >= 4 is 17.6 Å². The van der Waals surface area contributed by atoms with Gasteiger partial charge in [0.15, 0.2) is 0 Å². The molecule has 0 bridgehead atoms. The molecule has 6 atom stereocenters. The smallest absolute Gasteiger partial charge is 0.0568 e. The quantitative estimate of drug-likeness (QED) is 0.384. The van der Waals surface area contributed by atoms with Gasteiger partial charge >= 0.3 is 0 Å². The fraction of sp³-hybridized carbons (Fsp3) is 0.714. The van der Waals surface area contributed by atoms with Crippen LogP contribution in [0.4, 0.5) is 5.69 Å². The van der Waals surface area contributed by atoms with Crippen LogP contribution >= 0.6 is 0 Å². The molecule has 3 heteroatoms. The summed E-state index contributed by atoms with van der Waals surface area (Å²) >= 11 is 0. The molecule has 1 aromatic carbocycles. The van der Waals surface area contributed by atoms with E-state index in [2.05, 4.69) is 62.2 Å². The molecule has 0 aliphatic heterocycles. The minimum absolute atomic E-state index is 0.283. The maximum absolute atomic E-state index is 4.84. The zero-order chi connectivity index (χ0) is 21.6. The van der Waals surface area contributed by atoms with Crippen molar-refractivity contribution in [2.75, 3.05) is 19.0 Å². The molecule has 0 radical (unpaired) electrons. The lowest BCUT2D eigenvalue weighted by atomic mass is 9.45. The summed E-state index contributed by atoms with van der Waals surface area (Å²) in [7, 11) is 4.14. The largest absolute Gasteiger partial charge is 0.378 e. The molecule has 1 aromatic rings. The molecule has 4 fully saturated rings. The molecule has 4 aliphatic rings. The Bertz CT molecular complexity index is 854. The summed E-state index contributed by atoms with van der Waals surface area (Å²) < 4.78 is 0. The number of hydrogen-bond acceptors (Lipinski definition) is 3. The summed E-state index contributed by atoms with van der Waals surface area (Å²) in [6, 6.07) is 8.55. The number of hydrogen-bond donors (Lipinski definition) is 0. The average molecular weight is 420 g/mol.